The Kier molecular flexibility index (Phi) is 2.31. The number of nitrogens with one attached hydrogen (secondary N) is 1. The van der Waals surface area contributed by atoms with Crippen LogP contribution in [0, 0.1) is 12.3 Å². The lowest BCUT2D eigenvalue weighted by atomic mass is 9.96. The van der Waals surface area contributed by atoms with Gasteiger partial charge in [-0.15, -0.1) is 5.10 Å². The van der Waals surface area contributed by atoms with Gasteiger partial charge in [-0.05, 0) is 29.2 Å². The van der Waals surface area contributed by atoms with Gasteiger partial charge in [0.1, 0.15) is 5.82 Å². The molecular formula is C7H11N5. The van der Waals surface area contributed by atoms with Crippen molar-refractivity contribution in [2.75, 3.05) is 13.1 Å². The lowest BCUT2D eigenvalue weighted by Crippen LogP contribution is -2.26. The predicted octanol–water partition coefficient (Wildman–Crippen LogP) is -0.429. The average molecular weight is 165 g/mol. The molecular weight excluding hydrogens is 154 g/mol. The molecule has 1 aromatic heterocycles. The molecule has 2 rings (SSSR count). The topological polar surface area (TPSA) is 68.6 Å². The average Bonchev–Trinajstić information content (AvgIpc) is 2.59. The molecule has 1 atom stereocenters. The fourth-order valence-corrected chi connectivity index (χ4v) is 1.39. The molecule has 1 saturated heterocycles. The van der Waals surface area contributed by atoms with Gasteiger partial charge < -0.3 is 0 Å². The number of hydrogen-bond acceptors (Lipinski definition) is 3. The molecule has 2 radical (unpaired) electrons. The van der Waals surface area contributed by atoms with Crippen molar-refractivity contribution in [2.45, 2.75) is 12.8 Å². The number of tetrazole rings is 1. The van der Waals surface area contributed by atoms with Gasteiger partial charge in [-0.2, -0.15) is 0 Å². The summed E-state index contributed by atoms with van der Waals surface area (Å²) in [4.78, 5) is 0. The Hall–Kier alpha value is -0.970. The van der Waals surface area contributed by atoms with E-state index in [1.54, 1.807) is 0 Å². The quantitative estimate of drug-likeness (QED) is 0.646. The Morgan fingerprint density at radius 3 is 3.25 bits per heavy atom. The molecule has 1 N–H and O–H groups in total. The van der Waals surface area contributed by atoms with Crippen molar-refractivity contribution >= 4 is 0 Å². The lowest BCUT2D eigenvalue weighted by Gasteiger charge is -2.19. The molecule has 0 bridgehead atoms. The van der Waals surface area contributed by atoms with E-state index in [2.05, 4.69) is 32.4 Å². The van der Waals surface area contributed by atoms with Crippen molar-refractivity contribution in [1.29, 1.82) is 0 Å². The first-order valence-corrected chi connectivity index (χ1v) is 4.14. The van der Waals surface area contributed by atoms with Gasteiger partial charge in [-0.1, -0.05) is 0 Å². The highest BCUT2D eigenvalue weighted by atomic mass is 15.5. The maximum Gasteiger partial charge on any atom is 0.148 e. The summed E-state index contributed by atoms with van der Waals surface area (Å²) in [5.74, 6) is 1.38. The first-order valence-electron chi connectivity index (χ1n) is 4.14. The van der Waals surface area contributed by atoms with Crippen LogP contribution in [-0.4, -0.2) is 33.7 Å². The molecule has 1 aliphatic rings. The molecule has 0 spiro atoms. The van der Waals surface area contributed by atoms with Gasteiger partial charge in [-0.3, -0.25) is 0 Å². The third-order valence-corrected chi connectivity index (χ3v) is 2.00. The molecule has 0 amide bonds. The Morgan fingerprint density at radius 1 is 1.58 bits per heavy atom. The van der Waals surface area contributed by atoms with Crippen molar-refractivity contribution in [3.05, 3.63) is 12.2 Å². The van der Waals surface area contributed by atoms with E-state index < -0.39 is 0 Å². The summed E-state index contributed by atoms with van der Waals surface area (Å²) in [6.45, 7) is 1.89. The Balaban J connectivity index is 1.86. The fourth-order valence-electron chi connectivity index (χ4n) is 1.39. The van der Waals surface area contributed by atoms with Gasteiger partial charge in [0.05, 0.1) is 0 Å². The van der Waals surface area contributed by atoms with Crippen molar-refractivity contribution in [2.24, 2.45) is 5.92 Å². The molecule has 1 fully saturated rings. The second-order valence-corrected chi connectivity index (χ2v) is 2.97. The first kappa shape index (κ1) is 7.67. The number of piperidine rings is 1. The Morgan fingerprint density at radius 2 is 2.58 bits per heavy atom. The molecule has 1 unspecified atom stereocenters. The summed E-state index contributed by atoms with van der Waals surface area (Å²) in [5, 5.41) is 18.0. The maximum atomic E-state index is 4.33. The molecule has 0 saturated carbocycles. The fraction of sp³-hybridized carbons (Fsp3) is 0.714. The van der Waals surface area contributed by atoms with Crippen LogP contribution in [0.1, 0.15) is 12.2 Å². The number of hydrogen-bond donors (Lipinski definition) is 1. The van der Waals surface area contributed by atoms with E-state index in [0.717, 1.165) is 31.8 Å². The van der Waals surface area contributed by atoms with Gasteiger partial charge in [-0.25, -0.2) is 10.4 Å². The van der Waals surface area contributed by atoms with Gasteiger partial charge in [0.2, 0.25) is 0 Å². The van der Waals surface area contributed by atoms with Crippen molar-refractivity contribution in [3.8, 4) is 0 Å². The molecule has 64 valence electrons. The van der Waals surface area contributed by atoms with Crippen LogP contribution in [0.4, 0.5) is 0 Å². The van der Waals surface area contributed by atoms with Crippen molar-refractivity contribution in [1.82, 2.24) is 25.9 Å². The normalized spacial score (nSPS) is 24.2. The minimum atomic E-state index is 0.522. The number of aromatic nitrogens is 4. The third-order valence-electron chi connectivity index (χ3n) is 2.00. The van der Waals surface area contributed by atoms with Gasteiger partial charge in [0, 0.05) is 19.5 Å². The largest absolute Gasteiger partial charge is 0.243 e. The summed E-state index contributed by atoms with van der Waals surface area (Å²) in [5.41, 5.74) is 0. The van der Waals surface area contributed by atoms with Gasteiger partial charge >= 0.3 is 0 Å². The highest BCUT2D eigenvalue weighted by molar-refractivity contribution is 4.90. The van der Waals surface area contributed by atoms with Crippen LogP contribution in [0.2, 0.25) is 0 Å². The minimum absolute atomic E-state index is 0.522. The van der Waals surface area contributed by atoms with Gasteiger partial charge in [0.25, 0.3) is 0 Å². The first-order chi connectivity index (χ1) is 5.95. The number of rotatable bonds is 2. The predicted molar refractivity (Wildman–Crippen MR) is 42.2 cm³/mol. The summed E-state index contributed by atoms with van der Waals surface area (Å²) in [6.07, 6.45) is 4.28. The van der Waals surface area contributed by atoms with Crippen LogP contribution in [0.15, 0.2) is 0 Å². The van der Waals surface area contributed by atoms with E-state index in [0.29, 0.717) is 5.92 Å². The molecule has 0 aromatic carbocycles. The molecule has 1 aliphatic heterocycles. The van der Waals surface area contributed by atoms with Crippen LogP contribution in [0.3, 0.4) is 0 Å². The molecule has 0 aliphatic carbocycles. The molecule has 1 aromatic rings. The maximum absolute atomic E-state index is 4.33. The second-order valence-electron chi connectivity index (χ2n) is 2.97. The third kappa shape index (κ3) is 1.79. The zero-order valence-electron chi connectivity index (χ0n) is 6.77. The van der Waals surface area contributed by atoms with E-state index in [-0.39, 0.29) is 0 Å². The van der Waals surface area contributed by atoms with Crippen LogP contribution in [0.5, 0.6) is 0 Å². The lowest BCUT2D eigenvalue weighted by molar-refractivity contribution is 0.448. The number of H-pyrrole nitrogens is 1. The SMILES string of the molecule is [CH]1CC[N]CC1Cc1nnn[nH]1. The summed E-state index contributed by atoms with van der Waals surface area (Å²) in [7, 11) is 0. The van der Waals surface area contributed by atoms with Crippen LogP contribution in [-0.2, 0) is 6.42 Å². The van der Waals surface area contributed by atoms with E-state index in [9.17, 15) is 0 Å². The van der Waals surface area contributed by atoms with E-state index >= 15 is 0 Å². The number of aromatic amines is 1. The molecule has 5 nitrogen and oxygen atoms in total. The Bertz CT molecular complexity index is 214. The van der Waals surface area contributed by atoms with Crippen LogP contribution in [0.25, 0.3) is 0 Å². The summed E-state index contributed by atoms with van der Waals surface area (Å²) >= 11 is 0. The molecule has 2 heterocycles. The summed E-state index contributed by atoms with van der Waals surface area (Å²) < 4.78 is 0. The zero-order valence-corrected chi connectivity index (χ0v) is 6.77. The van der Waals surface area contributed by atoms with E-state index in [1.165, 1.54) is 0 Å². The van der Waals surface area contributed by atoms with Crippen molar-refractivity contribution in [3.63, 3.8) is 0 Å². The smallest absolute Gasteiger partial charge is 0.148 e. The monoisotopic (exact) mass is 165 g/mol. The Labute approximate surface area is 70.9 Å². The zero-order chi connectivity index (χ0) is 8.23. The standard InChI is InChI=1S/C7H11N5/c1-2-6(5-8-3-1)4-7-9-11-12-10-7/h2,6H,1,3-5H2,(H,9,10,11,12). The minimum Gasteiger partial charge on any atom is -0.243 e. The van der Waals surface area contributed by atoms with E-state index in [1.807, 2.05) is 0 Å². The van der Waals surface area contributed by atoms with Crippen LogP contribution < -0.4 is 5.32 Å². The molecule has 12 heavy (non-hydrogen) atoms. The highest BCUT2D eigenvalue weighted by Gasteiger charge is 2.15. The van der Waals surface area contributed by atoms with Crippen LogP contribution >= 0.6 is 0 Å². The molecule has 5 heteroatoms. The van der Waals surface area contributed by atoms with E-state index in [4.69, 9.17) is 0 Å². The second kappa shape index (κ2) is 3.62. The highest BCUT2D eigenvalue weighted by Crippen LogP contribution is 2.12. The van der Waals surface area contributed by atoms with Gasteiger partial charge in [0.15, 0.2) is 0 Å². The summed E-state index contributed by atoms with van der Waals surface area (Å²) in [6, 6.07) is 0. The number of nitrogens with zero attached hydrogens (tertiary/aromatic N) is 4. The van der Waals surface area contributed by atoms with Crippen molar-refractivity contribution < 1.29 is 0 Å².